The number of amides is 1. The second kappa shape index (κ2) is 7.43. The van der Waals surface area contributed by atoms with Gasteiger partial charge in [-0.3, -0.25) is 4.79 Å². The molecule has 20 heavy (non-hydrogen) atoms. The smallest absolute Gasteiger partial charge is 0.230 e. The van der Waals surface area contributed by atoms with Gasteiger partial charge in [-0.05, 0) is 30.5 Å². The van der Waals surface area contributed by atoms with Crippen LogP contribution in [0, 0.1) is 5.41 Å². The van der Waals surface area contributed by atoms with Crippen LogP contribution in [0.5, 0.6) is 0 Å². The summed E-state index contributed by atoms with van der Waals surface area (Å²) in [5.74, 6) is 0.204. The Morgan fingerprint density at radius 2 is 1.85 bits per heavy atom. The number of benzene rings is 1. The van der Waals surface area contributed by atoms with Crippen LogP contribution in [-0.2, 0) is 11.3 Å². The van der Waals surface area contributed by atoms with Crippen molar-refractivity contribution in [3.05, 3.63) is 34.3 Å². The van der Waals surface area contributed by atoms with E-state index in [-0.39, 0.29) is 23.7 Å². The van der Waals surface area contributed by atoms with E-state index in [1.807, 2.05) is 36.2 Å². The van der Waals surface area contributed by atoms with Gasteiger partial charge in [0.2, 0.25) is 5.91 Å². The summed E-state index contributed by atoms with van der Waals surface area (Å²) < 4.78 is 1.06. The lowest BCUT2D eigenvalue weighted by atomic mass is 9.84. The Morgan fingerprint density at radius 3 is 2.35 bits per heavy atom. The maximum atomic E-state index is 12.6. The van der Waals surface area contributed by atoms with Crippen LogP contribution in [0.25, 0.3) is 0 Å². The molecule has 1 fully saturated rings. The largest absolute Gasteiger partial charge is 0.341 e. The van der Waals surface area contributed by atoms with Crippen molar-refractivity contribution >= 4 is 34.2 Å². The molecule has 0 unspecified atom stereocenters. The highest BCUT2D eigenvalue weighted by atomic mass is 79.9. The molecule has 3 nitrogen and oxygen atoms in total. The molecule has 2 N–H and O–H groups in total. The van der Waals surface area contributed by atoms with Gasteiger partial charge >= 0.3 is 0 Å². The van der Waals surface area contributed by atoms with E-state index in [2.05, 4.69) is 15.9 Å². The molecule has 1 saturated carbocycles. The van der Waals surface area contributed by atoms with Crippen molar-refractivity contribution in [2.45, 2.75) is 32.2 Å². The summed E-state index contributed by atoms with van der Waals surface area (Å²) in [5, 5.41) is 0. The minimum absolute atomic E-state index is 0. The zero-order valence-corrected chi connectivity index (χ0v) is 14.2. The van der Waals surface area contributed by atoms with Gasteiger partial charge in [-0.1, -0.05) is 40.9 Å². The van der Waals surface area contributed by atoms with Crippen LogP contribution >= 0.6 is 28.3 Å². The Hall–Kier alpha value is -0.580. The van der Waals surface area contributed by atoms with E-state index in [0.29, 0.717) is 13.1 Å². The van der Waals surface area contributed by atoms with E-state index in [0.717, 1.165) is 35.7 Å². The molecule has 0 radical (unpaired) electrons. The van der Waals surface area contributed by atoms with Gasteiger partial charge in [-0.2, -0.15) is 0 Å². The fraction of sp³-hybridized carbons (Fsp3) is 0.533. The molecule has 0 atom stereocenters. The van der Waals surface area contributed by atoms with Crippen molar-refractivity contribution in [1.29, 1.82) is 0 Å². The summed E-state index contributed by atoms with van der Waals surface area (Å²) in [6, 6.07) is 8.08. The summed E-state index contributed by atoms with van der Waals surface area (Å²) in [6.07, 6.45) is 4.12. The number of rotatable bonds is 4. The summed E-state index contributed by atoms with van der Waals surface area (Å²) in [4.78, 5) is 14.4. The SMILES string of the molecule is CN(Cc1ccc(Br)cc1)C(=O)C1(CN)CCCC1.Cl. The number of hydrogen-bond acceptors (Lipinski definition) is 2. The van der Waals surface area contributed by atoms with Crippen molar-refractivity contribution in [1.82, 2.24) is 4.90 Å². The summed E-state index contributed by atoms with van der Waals surface area (Å²) >= 11 is 3.42. The quantitative estimate of drug-likeness (QED) is 0.894. The summed E-state index contributed by atoms with van der Waals surface area (Å²) in [7, 11) is 1.88. The second-order valence-electron chi connectivity index (χ2n) is 5.48. The Bertz CT molecular complexity index is 444. The zero-order chi connectivity index (χ0) is 13.9. The van der Waals surface area contributed by atoms with Crippen LogP contribution in [0.1, 0.15) is 31.2 Å². The first kappa shape index (κ1) is 17.5. The maximum Gasteiger partial charge on any atom is 0.230 e. The third-order valence-corrected chi connectivity index (χ3v) is 4.61. The highest BCUT2D eigenvalue weighted by Crippen LogP contribution is 2.38. The van der Waals surface area contributed by atoms with Crippen molar-refractivity contribution in [3.63, 3.8) is 0 Å². The molecule has 0 aromatic heterocycles. The van der Waals surface area contributed by atoms with Crippen LogP contribution in [0.3, 0.4) is 0 Å². The standard InChI is InChI=1S/C15H21BrN2O.ClH/c1-18(10-12-4-6-13(16)7-5-12)14(19)15(11-17)8-2-3-9-15;/h4-7H,2-3,8-11,17H2,1H3;1H. The molecule has 0 spiro atoms. The van der Waals surface area contributed by atoms with E-state index in [9.17, 15) is 4.79 Å². The second-order valence-corrected chi connectivity index (χ2v) is 6.39. The van der Waals surface area contributed by atoms with Crippen LogP contribution in [-0.4, -0.2) is 24.4 Å². The number of hydrogen-bond donors (Lipinski definition) is 1. The first-order valence-electron chi connectivity index (χ1n) is 6.77. The molecule has 1 aromatic carbocycles. The van der Waals surface area contributed by atoms with Crippen molar-refractivity contribution < 1.29 is 4.79 Å². The predicted molar refractivity (Wildman–Crippen MR) is 87.8 cm³/mol. The van der Waals surface area contributed by atoms with E-state index < -0.39 is 0 Å². The highest BCUT2D eigenvalue weighted by molar-refractivity contribution is 9.10. The number of halogens is 2. The molecular formula is C15H22BrClN2O. The summed E-state index contributed by atoms with van der Waals surface area (Å²) in [5.41, 5.74) is 6.71. The topological polar surface area (TPSA) is 46.3 Å². The Balaban J connectivity index is 0.00000200. The molecule has 1 aliphatic rings. The highest BCUT2D eigenvalue weighted by Gasteiger charge is 2.41. The lowest BCUT2D eigenvalue weighted by Crippen LogP contribution is -2.44. The fourth-order valence-corrected chi connectivity index (χ4v) is 3.16. The minimum atomic E-state index is -0.301. The van der Waals surface area contributed by atoms with Crippen molar-refractivity contribution in [2.24, 2.45) is 11.1 Å². The van der Waals surface area contributed by atoms with Crippen LogP contribution in [0.4, 0.5) is 0 Å². The van der Waals surface area contributed by atoms with Gasteiger partial charge in [-0.25, -0.2) is 0 Å². The molecular weight excluding hydrogens is 340 g/mol. The predicted octanol–water partition coefficient (Wildman–Crippen LogP) is 3.35. The molecule has 0 aliphatic heterocycles. The van der Waals surface area contributed by atoms with Crippen LogP contribution < -0.4 is 5.73 Å². The van der Waals surface area contributed by atoms with Gasteiger partial charge in [0.1, 0.15) is 0 Å². The average Bonchev–Trinajstić information content (AvgIpc) is 2.90. The van der Waals surface area contributed by atoms with Crippen LogP contribution in [0.15, 0.2) is 28.7 Å². The van der Waals surface area contributed by atoms with Gasteiger partial charge in [0.25, 0.3) is 0 Å². The molecule has 1 aromatic rings. The molecule has 0 saturated heterocycles. The summed E-state index contributed by atoms with van der Waals surface area (Å²) in [6.45, 7) is 1.12. The van der Waals surface area contributed by atoms with Crippen molar-refractivity contribution in [2.75, 3.05) is 13.6 Å². The molecule has 1 amide bonds. The van der Waals surface area contributed by atoms with E-state index in [1.54, 1.807) is 0 Å². The molecule has 1 aliphatic carbocycles. The number of carbonyl (C=O) groups excluding carboxylic acids is 1. The molecule has 2 rings (SSSR count). The first-order valence-corrected chi connectivity index (χ1v) is 7.57. The number of carbonyl (C=O) groups is 1. The molecule has 5 heteroatoms. The van der Waals surface area contributed by atoms with Gasteiger partial charge in [-0.15, -0.1) is 12.4 Å². The lowest BCUT2D eigenvalue weighted by Gasteiger charge is -2.31. The Kier molecular flexibility index (Phi) is 6.49. The third kappa shape index (κ3) is 3.74. The zero-order valence-electron chi connectivity index (χ0n) is 11.8. The van der Waals surface area contributed by atoms with E-state index >= 15 is 0 Å². The van der Waals surface area contributed by atoms with Gasteiger partial charge < -0.3 is 10.6 Å². The average molecular weight is 362 g/mol. The van der Waals surface area contributed by atoms with Gasteiger partial charge in [0.15, 0.2) is 0 Å². The maximum absolute atomic E-state index is 12.6. The van der Waals surface area contributed by atoms with Gasteiger partial charge in [0, 0.05) is 24.6 Å². The molecule has 112 valence electrons. The van der Waals surface area contributed by atoms with E-state index in [4.69, 9.17) is 5.73 Å². The fourth-order valence-electron chi connectivity index (χ4n) is 2.90. The number of nitrogens with two attached hydrogens (primary N) is 1. The first-order chi connectivity index (χ1) is 9.07. The number of nitrogens with zero attached hydrogens (tertiary/aromatic N) is 1. The van der Waals surface area contributed by atoms with Gasteiger partial charge in [0.05, 0.1) is 5.41 Å². The monoisotopic (exact) mass is 360 g/mol. The third-order valence-electron chi connectivity index (χ3n) is 4.08. The Morgan fingerprint density at radius 1 is 1.30 bits per heavy atom. The Labute approximate surface area is 135 Å². The van der Waals surface area contributed by atoms with Crippen molar-refractivity contribution in [3.8, 4) is 0 Å². The van der Waals surface area contributed by atoms with Crippen LogP contribution in [0.2, 0.25) is 0 Å². The van der Waals surface area contributed by atoms with E-state index in [1.165, 1.54) is 0 Å². The lowest BCUT2D eigenvalue weighted by molar-refractivity contribution is -0.140. The molecule has 0 heterocycles. The minimum Gasteiger partial charge on any atom is -0.341 e. The molecule has 0 bridgehead atoms. The normalized spacial score (nSPS) is 16.6.